The molecule has 2 rings (SSSR count). The van der Waals surface area contributed by atoms with Gasteiger partial charge in [0.15, 0.2) is 0 Å². The maximum atomic E-state index is 13.8. The molecule has 0 radical (unpaired) electrons. The first-order valence-corrected chi connectivity index (χ1v) is 6.25. The van der Waals surface area contributed by atoms with E-state index < -0.39 is 11.7 Å². The van der Waals surface area contributed by atoms with Crippen molar-refractivity contribution in [1.82, 2.24) is 0 Å². The minimum absolute atomic E-state index is 0.105. The van der Waals surface area contributed by atoms with Gasteiger partial charge in [0.25, 0.3) is 0 Å². The van der Waals surface area contributed by atoms with Gasteiger partial charge >= 0.3 is 0 Å². The monoisotopic (exact) mass is 273 g/mol. The molecule has 104 valence electrons. The molecule has 0 spiro atoms. The minimum atomic E-state index is -0.648. The molecule has 0 saturated carbocycles. The number of hydrogen-bond acceptors (Lipinski definition) is 2. The van der Waals surface area contributed by atoms with E-state index >= 15 is 0 Å². The molecule has 0 atom stereocenters. The van der Waals surface area contributed by atoms with Crippen LogP contribution in [-0.2, 0) is 6.61 Å². The highest BCUT2D eigenvalue weighted by molar-refractivity contribution is 5.92. The Balaban J connectivity index is 2.12. The van der Waals surface area contributed by atoms with Gasteiger partial charge in [0.2, 0.25) is 5.91 Å². The standard InChI is InChI=1S/C16H16FNO2/c1-10-5-11(2)7-14(6-10)20-9-13-4-3-12(16(18)19)8-15(13)17/h3-8H,9H2,1-2H3,(H2,18,19). The van der Waals surface area contributed by atoms with Crippen molar-refractivity contribution in [2.45, 2.75) is 20.5 Å². The van der Waals surface area contributed by atoms with Gasteiger partial charge in [-0.3, -0.25) is 4.79 Å². The van der Waals surface area contributed by atoms with Crippen molar-refractivity contribution in [2.24, 2.45) is 5.73 Å². The highest BCUT2D eigenvalue weighted by atomic mass is 19.1. The fraction of sp³-hybridized carbons (Fsp3) is 0.188. The number of ether oxygens (including phenoxy) is 1. The summed E-state index contributed by atoms with van der Waals surface area (Å²) in [6.45, 7) is 4.05. The number of primary amides is 1. The van der Waals surface area contributed by atoms with Crippen molar-refractivity contribution in [3.63, 3.8) is 0 Å². The van der Waals surface area contributed by atoms with Crippen LogP contribution in [0, 0.1) is 19.7 Å². The maximum Gasteiger partial charge on any atom is 0.248 e. The summed E-state index contributed by atoms with van der Waals surface area (Å²) < 4.78 is 19.4. The van der Waals surface area contributed by atoms with Gasteiger partial charge in [0.05, 0.1) is 0 Å². The highest BCUT2D eigenvalue weighted by Crippen LogP contribution is 2.19. The highest BCUT2D eigenvalue weighted by Gasteiger charge is 2.08. The topological polar surface area (TPSA) is 52.3 Å². The summed E-state index contributed by atoms with van der Waals surface area (Å²) in [7, 11) is 0. The number of amides is 1. The molecule has 0 saturated heterocycles. The van der Waals surface area contributed by atoms with Crippen LogP contribution in [0.5, 0.6) is 5.75 Å². The lowest BCUT2D eigenvalue weighted by Crippen LogP contribution is -2.11. The molecule has 0 aromatic heterocycles. The van der Waals surface area contributed by atoms with E-state index in [0.29, 0.717) is 11.3 Å². The van der Waals surface area contributed by atoms with Crippen molar-refractivity contribution in [2.75, 3.05) is 0 Å². The lowest BCUT2D eigenvalue weighted by Gasteiger charge is -2.09. The minimum Gasteiger partial charge on any atom is -0.489 e. The summed E-state index contributed by atoms with van der Waals surface area (Å²) in [5, 5.41) is 0. The van der Waals surface area contributed by atoms with E-state index in [1.165, 1.54) is 12.1 Å². The number of aryl methyl sites for hydroxylation is 2. The summed E-state index contributed by atoms with van der Waals surface area (Å²) >= 11 is 0. The summed E-state index contributed by atoms with van der Waals surface area (Å²) in [6, 6.07) is 9.95. The molecule has 2 aromatic rings. The molecule has 2 aromatic carbocycles. The predicted octanol–water partition coefficient (Wildman–Crippen LogP) is 3.12. The summed E-state index contributed by atoms with van der Waals surface area (Å²) in [6.07, 6.45) is 0. The number of nitrogens with two attached hydrogens (primary N) is 1. The fourth-order valence-electron chi connectivity index (χ4n) is 1.99. The Bertz CT molecular complexity index is 633. The van der Waals surface area contributed by atoms with Crippen molar-refractivity contribution >= 4 is 5.91 Å². The Labute approximate surface area is 117 Å². The second-order valence-corrected chi connectivity index (χ2v) is 4.78. The van der Waals surface area contributed by atoms with E-state index in [9.17, 15) is 9.18 Å². The van der Waals surface area contributed by atoms with Gasteiger partial charge < -0.3 is 10.5 Å². The molecule has 4 heteroatoms. The number of hydrogen-bond donors (Lipinski definition) is 1. The Morgan fingerprint density at radius 1 is 1.15 bits per heavy atom. The average Bonchev–Trinajstić information content (AvgIpc) is 2.36. The third-order valence-corrected chi connectivity index (χ3v) is 2.93. The largest absolute Gasteiger partial charge is 0.489 e. The first kappa shape index (κ1) is 14.1. The number of rotatable bonds is 4. The lowest BCUT2D eigenvalue weighted by molar-refractivity contribution is 0.0999. The second-order valence-electron chi connectivity index (χ2n) is 4.78. The quantitative estimate of drug-likeness (QED) is 0.930. The Morgan fingerprint density at radius 2 is 1.80 bits per heavy atom. The molecular weight excluding hydrogens is 257 g/mol. The van der Waals surface area contributed by atoms with Crippen LogP contribution < -0.4 is 10.5 Å². The maximum absolute atomic E-state index is 13.8. The van der Waals surface area contributed by atoms with E-state index in [0.717, 1.165) is 17.2 Å². The molecule has 0 heterocycles. The molecule has 0 aliphatic heterocycles. The van der Waals surface area contributed by atoms with Crippen LogP contribution in [0.25, 0.3) is 0 Å². The predicted molar refractivity (Wildman–Crippen MR) is 75.2 cm³/mol. The zero-order valence-electron chi connectivity index (χ0n) is 11.4. The average molecular weight is 273 g/mol. The van der Waals surface area contributed by atoms with E-state index in [-0.39, 0.29) is 12.2 Å². The summed E-state index contributed by atoms with van der Waals surface area (Å²) in [5.74, 6) is -0.447. The van der Waals surface area contributed by atoms with Gasteiger partial charge in [0, 0.05) is 11.1 Å². The molecule has 0 fully saturated rings. The van der Waals surface area contributed by atoms with Crippen molar-refractivity contribution in [1.29, 1.82) is 0 Å². The Morgan fingerprint density at radius 3 is 2.35 bits per heavy atom. The lowest BCUT2D eigenvalue weighted by atomic mass is 10.1. The van der Waals surface area contributed by atoms with Crippen molar-refractivity contribution < 1.29 is 13.9 Å². The van der Waals surface area contributed by atoms with Crippen LogP contribution in [0.3, 0.4) is 0 Å². The van der Waals surface area contributed by atoms with Crippen LogP contribution >= 0.6 is 0 Å². The van der Waals surface area contributed by atoms with E-state index in [1.54, 1.807) is 0 Å². The van der Waals surface area contributed by atoms with E-state index in [4.69, 9.17) is 10.5 Å². The molecular formula is C16H16FNO2. The molecule has 0 aliphatic carbocycles. The van der Waals surface area contributed by atoms with E-state index in [2.05, 4.69) is 0 Å². The molecule has 1 amide bonds. The smallest absolute Gasteiger partial charge is 0.248 e. The molecule has 0 bridgehead atoms. The second kappa shape index (κ2) is 5.74. The summed E-state index contributed by atoms with van der Waals surface area (Å²) in [5.41, 5.74) is 7.80. The van der Waals surface area contributed by atoms with Gasteiger partial charge in [-0.2, -0.15) is 0 Å². The van der Waals surface area contributed by atoms with Crippen LogP contribution in [0.4, 0.5) is 4.39 Å². The molecule has 3 nitrogen and oxygen atoms in total. The number of carbonyl (C=O) groups is 1. The molecule has 0 aliphatic rings. The number of halogens is 1. The fourth-order valence-corrected chi connectivity index (χ4v) is 1.99. The number of carbonyl (C=O) groups excluding carboxylic acids is 1. The van der Waals surface area contributed by atoms with Crippen molar-refractivity contribution in [3.8, 4) is 5.75 Å². The van der Waals surface area contributed by atoms with Crippen LogP contribution in [0.2, 0.25) is 0 Å². The van der Waals surface area contributed by atoms with Gasteiger partial charge in [-0.25, -0.2) is 4.39 Å². The summed E-state index contributed by atoms with van der Waals surface area (Å²) in [4.78, 5) is 10.9. The first-order valence-electron chi connectivity index (χ1n) is 6.25. The normalized spacial score (nSPS) is 10.3. The molecule has 2 N–H and O–H groups in total. The van der Waals surface area contributed by atoms with Crippen LogP contribution in [0.15, 0.2) is 36.4 Å². The van der Waals surface area contributed by atoms with Gasteiger partial charge in [-0.15, -0.1) is 0 Å². The first-order chi connectivity index (χ1) is 9.45. The molecule has 20 heavy (non-hydrogen) atoms. The van der Waals surface area contributed by atoms with Gasteiger partial charge in [-0.05, 0) is 49.2 Å². The van der Waals surface area contributed by atoms with E-state index in [1.807, 2.05) is 32.0 Å². The number of benzene rings is 2. The Hall–Kier alpha value is -2.36. The Kier molecular flexibility index (Phi) is 4.03. The molecule has 0 unspecified atom stereocenters. The third kappa shape index (κ3) is 3.35. The third-order valence-electron chi connectivity index (χ3n) is 2.93. The van der Waals surface area contributed by atoms with Crippen LogP contribution in [-0.4, -0.2) is 5.91 Å². The van der Waals surface area contributed by atoms with Crippen LogP contribution in [0.1, 0.15) is 27.0 Å². The van der Waals surface area contributed by atoms with Gasteiger partial charge in [0.1, 0.15) is 18.2 Å². The zero-order chi connectivity index (χ0) is 14.7. The van der Waals surface area contributed by atoms with Crippen molar-refractivity contribution in [3.05, 3.63) is 64.5 Å². The zero-order valence-corrected chi connectivity index (χ0v) is 11.4. The van der Waals surface area contributed by atoms with Gasteiger partial charge in [-0.1, -0.05) is 12.1 Å². The SMILES string of the molecule is Cc1cc(C)cc(OCc2ccc(C(N)=O)cc2F)c1.